The van der Waals surface area contributed by atoms with Crippen LogP contribution < -0.4 is 29.8 Å². The number of hydrogen-bond donors (Lipinski definition) is 0. The lowest BCUT2D eigenvalue weighted by Gasteiger charge is -2.23. The van der Waals surface area contributed by atoms with E-state index in [0.29, 0.717) is 16.9 Å². The third kappa shape index (κ3) is 4.99. The fraction of sp³-hybridized carbons (Fsp3) is 0.0750. The molecule has 0 saturated carbocycles. The Balaban J connectivity index is 1.70. The van der Waals surface area contributed by atoms with Crippen molar-refractivity contribution in [3.05, 3.63) is 143 Å². The van der Waals surface area contributed by atoms with Crippen LogP contribution in [0.2, 0.25) is 0 Å². The summed E-state index contributed by atoms with van der Waals surface area (Å²) < 4.78 is 18.4. The summed E-state index contributed by atoms with van der Waals surface area (Å²) in [7, 11) is 4.90. The first kappa shape index (κ1) is 29.9. The Kier molecular flexibility index (Phi) is 7.82. The molecular formula is C40H29N5O3. The van der Waals surface area contributed by atoms with Gasteiger partial charge in [0, 0.05) is 33.3 Å². The summed E-state index contributed by atoms with van der Waals surface area (Å²) in [5, 5.41) is 23.5. The van der Waals surface area contributed by atoms with Crippen LogP contribution >= 0.6 is 0 Å². The Morgan fingerprint density at radius 1 is 0.583 bits per heavy atom. The van der Waals surface area contributed by atoms with Crippen molar-refractivity contribution in [2.24, 2.45) is 4.99 Å². The molecule has 0 radical (unpaired) electrons. The fourth-order valence-electron chi connectivity index (χ4n) is 6.19. The molecule has 2 heterocycles. The van der Waals surface area contributed by atoms with Gasteiger partial charge in [0.2, 0.25) is 0 Å². The third-order valence-electron chi connectivity index (χ3n) is 8.40. The van der Waals surface area contributed by atoms with Gasteiger partial charge >= 0.3 is 0 Å². The van der Waals surface area contributed by atoms with Crippen molar-refractivity contribution in [2.75, 3.05) is 26.2 Å². The SMILES string of the molecule is COc1ccc(N=C2c3ccccc3/C(=c3/c4ccccc4c(=C(C#N)C#N)n3-c3ccc(OC)cc3)N2c2ccc(OC)cc2)cc1. The summed E-state index contributed by atoms with van der Waals surface area (Å²) in [5.74, 6) is 2.87. The minimum absolute atomic E-state index is 0.00303. The predicted octanol–water partition coefficient (Wildman–Crippen LogP) is 6.61. The molecular weight excluding hydrogens is 598 g/mol. The molecule has 48 heavy (non-hydrogen) atoms. The van der Waals surface area contributed by atoms with Crippen LogP contribution in [0.25, 0.3) is 27.7 Å². The highest BCUT2D eigenvalue weighted by atomic mass is 16.5. The third-order valence-corrected chi connectivity index (χ3v) is 8.40. The maximum atomic E-state index is 10.2. The minimum Gasteiger partial charge on any atom is -0.497 e. The van der Waals surface area contributed by atoms with Crippen molar-refractivity contribution in [3.8, 4) is 35.1 Å². The van der Waals surface area contributed by atoms with Gasteiger partial charge in [0.15, 0.2) is 5.57 Å². The monoisotopic (exact) mass is 627 g/mol. The molecule has 6 aromatic rings. The topological polar surface area (TPSA) is 95.8 Å². The van der Waals surface area contributed by atoms with Crippen LogP contribution in [0.4, 0.5) is 11.4 Å². The van der Waals surface area contributed by atoms with Gasteiger partial charge in [-0.15, -0.1) is 0 Å². The number of nitriles is 2. The summed E-state index contributed by atoms with van der Waals surface area (Å²) in [6.07, 6.45) is 0. The lowest BCUT2D eigenvalue weighted by atomic mass is 10.1. The first-order valence-corrected chi connectivity index (χ1v) is 15.2. The van der Waals surface area contributed by atoms with Gasteiger partial charge in [-0.25, -0.2) is 4.99 Å². The molecule has 0 fully saturated rings. The second kappa shape index (κ2) is 12.6. The van der Waals surface area contributed by atoms with E-state index in [-0.39, 0.29) is 5.57 Å². The Labute approximate surface area is 277 Å². The van der Waals surface area contributed by atoms with E-state index in [4.69, 9.17) is 19.2 Å². The van der Waals surface area contributed by atoms with Crippen LogP contribution in [-0.4, -0.2) is 31.7 Å². The summed E-state index contributed by atoms with van der Waals surface area (Å²) >= 11 is 0. The fourth-order valence-corrected chi connectivity index (χ4v) is 6.19. The van der Waals surface area contributed by atoms with Gasteiger partial charge in [0.1, 0.15) is 35.2 Å². The van der Waals surface area contributed by atoms with Gasteiger partial charge in [-0.05, 0) is 72.8 Å². The molecule has 0 spiro atoms. The number of benzene rings is 5. The summed E-state index contributed by atoms with van der Waals surface area (Å²) in [5.41, 5.74) is 5.09. The van der Waals surface area contributed by atoms with E-state index < -0.39 is 0 Å². The van der Waals surface area contributed by atoms with E-state index in [2.05, 4.69) is 29.2 Å². The minimum atomic E-state index is 0.00303. The molecule has 0 amide bonds. The van der Waals surface area contributed by atoms with Gasteiger partial charge in [0.25, 0.3) is 0 Å². The van der Waals surface area contributed by atoms with Crippen LogP contribution in [0.1, 0.15) is 11.1 Å². The highest BCUT2D eigenvalue weighted by Gasteiger charge is 2.34. The Morgan fingerprint density at radius 2 is 1.08 bits per heavy atom. The molecule has 1 aliphatic rings. The van der Waals surface area contributed by atoms with Gasteiger partial charge in [-0.3, -0.25) is 4.90 Å². The molecule has 7 rings (SSSR count). The van der Waals surface area contributed by atoms with E-state index in [0.717, 1.165) is 61.5 Å². The molecule has 0 bridgehead atoms. The zero-order valence-electron chi connectivity index (χ0n) is 26.5. The average molecular weight is 628 g/mol. The van der Waals surface area contributed by atoms with Gasteiger partial charge in [-0.2, -0.15) is 10.5 Å². The molecule has 0 aliphatic carbocycles. The van der Waals surface area contributed by atoms with Crippen LogP contribution in [0.15, 0.2) is 126 Å². The molecule has 8 heteroatoms. The number of ether oxygens (including phenoxy) is 3. The van der Waals surface area contributed by atoms with E-state index in [1.165, 1.54) is 0 Å². The van der Waals surface area contributed by atoms with Crippen LogP contribution in [0.5, 0.6) is 17.2 Å². The zero-order valence-corrected chi connectivity index (χ0v) is 26.5. The first-order chi connectivity index (χ1) is 23.6. The van der Waals surface area contributed by atoms with Gasteiger partial charge < -0.3 is 18.8 Å². The Hall–Kier alpha value is -6.77. The Morgan fingerprint density at radius 3 is 1.65 bits per heavy atom. The molecule has 0 saturated heterocycles. The van der Waals surface area contributed by atoms with E-state index >= 15 is 0 Å². The number of methoxy groups -OCH3 is 3. The molecule has 5 aromatic carbocycles. The first-order valence-electron chi connectivity index (χ1n) is 15.2. The second-order valence-electron chi connectivity index (χ2n) is 10.9. The maximum absolute atomic E-state index is 10.2. The van der Waals surface area contributed by atoms with Gasteiger partial charge in [0.05, 0.1) is 43.4 Å². The predicted molar refractivity (Wildman–Crippen MR) is 187 cm³/mol. The number of nitrogens with zero attached hydrogens (tertiary/aromatic N) is 5. The molecule has 8 nitrogen and oxygen atoms in total. The molecule has 1 aromatic heterocycles. The van der Waals surface area contributed by atoms with Gasteiger partial charge in [-0.1, -0.05) is 48.5 Å². The van der Waals surface area contributed by atoms with Crippen molar-refractivity contribution in [2.45, 2.75) is 0 Å². The normalized spacial score (nSPS) is 13.9. The Bertz CT molecular complexity index is 2400. The van der Waals surface area contributed by atoms with Crippen molar-refractivity contribution >= 4 is 39.3 Å². The number of rotatable bonds is 6. The molecule has 1 aliphatic heterocycles. The van der Waals surface area contributed by atoms with Crippen LogP contribution in [-0.2, 0) is 0 Å². The summed E-state index contributed by atoms with van der Waals surface area (Å²) in [6.45, 7) is 0. The number of anilines is 1. The zero-order chi connectivity index (χ0) is 33.2. The highest BCUT2D eigenvalue weighted by molar-refractivity contribution is 6.25. The smallest absolute Gasteiger partial charge is 0.154 e. The summed E-state index contributed by atoms with van der Waals surface area (Å²) in [4.78, 5) is 7.37. The average Bonchev–Trinajstić information content (AvgIpc) is 3.65. The van der Waals surface area contributed by atoms with Crippen LogP contribution in [0.3, 0.4) is 0 Å². The van der Waals surface area contributed by atoms with Crippen LogP contribution in [0, 0.1) is 22.7 Å². The lowest BCUT2D eigenvalue weighted by molar-refractivity contribution is 0.414. The molecule has 0 unspecified atom stereocenters. The molecule has 0 N–H and O–H groups in total. The van der Waals surface area contributed by atoms with E-state index in [1.54, 1.807) is 21.3 Å². The largest absolute Gasteiger partial charge is 0.497 e. The van der Waals surface area contributed by atoms with Crippen molar-refractivity contribution in [1.82, 2.24) is 4.57 Å². The molecule has 0 atom stereocenters. The molecule has 232 valence electrons. The maximum Gasteiger partial charge on any atom is 0.154 e. The number of aliphatic imine (C=N–C) groups is 1. The quantitative estimate of drug-likeness (QED) is 0.206. The van der Waals surface area contributed by atoms with Crippen molar-refractivity contribution < 1.29 is 14.2 Å². The second-order valence-corrected chi connectivity index (χ2v) is 10.9. The lowest BCUT2D eigenvalue weighted by Crippen LogP contribution is -2.34. The highest BCUT2D eigenvalue weighted by Crippen LogP contribution is 2.38. The standard InChI is InChI=1S/C40H29N5O3/c1-46-30-18-12-27(13-19-30)43-40-36-11-7-6-10-35(36)39(45(40)29-16-22-32(48-3)23-17-29)38-34-9-5-4-8-33(34)37(26(24-41)25-42)44(38)28-14-20-31(47-2)21-15-28/h4-23H,1-3H3/b39-38+,43-40?. The van der Waals surface area contributed by atoms with Crippen molar-refractivity contribution in [3.63, 3.8) is 0 Å². The number of fused-ring (bicyclic) bond motifs is 2. The van der Waals surface area contributed by atoms with E-state index in [9.17, 15) is 10.5 Å². The number of hydrogen-bond acceptors (Lipinski definition) is 6. The summed E-state index contributed by atoms with van der Waals surface area (Å²) in [6, 6.07) is 43.4. The van der Waals surface area contributed by atoms with E-state index in [1.807, 2.05) is 114 Å². The van der Waals surface area contributed by atoms with Crippen molar-refractivity contribution in [1.29, 1.82) is 10.5 Å². The number of amidine groups is 1. The number of aromatic nitrogens is 1.